The molecular formula is C9H18ClNO2. The summed E-state index contributed by atoms with van der Waals surface area (Å²) in [6.07, 6.45) is 0.900. The molecule has 0 spiro atoms. The Bertz CT molecular complexity index is 176. The molecule has 1 aliphatic rings. The molecule has 1 aliphatic heterocycles. The summed E-state index contributed by atoms with van der Waals surface area (Å²) >= 11 is 0. The zero-order valence-corrected chi connectivity index (χ0v) is 9.24. The summed E-state index contributed by atoms with van der Waals surface area (Å²) in [6, 6.07) is 0. The van der Waals surface area contributed by atoms with Crippen LogP contribution >= 0.6 is 12.4 Å². The molecule has 13 heavy (non-hydrogen) atoms. The lowest BCUT2D eigenvalue weighted by Crippen LogP contribution is -2.39. The first-order valence-electron chi connectivity index (χ1n) is 4.42. The van der Waals surface area contributed by atoms with Crippen molar-refractivity contribution in [1.82, 2.24) is 5.32 Å². The van der Waals surface area contributed by atoms with Crippen molar-refractivity contribution in [2.75, 3.05) is 20.2 Å². The third kappa shape index (κ3) is 2.15. The number of esters is 1. The molecule has 78 valence electrons. The molecule has 1 atom stereocenters. The third-order valence-corrected chi connectivity index (χ3v) is 2.89. The zero-order valence-electron chi connectivity index (χ0n) is 8.42. The van der Waals surface area contributed by atoms with E-state index >= 15 is 0 Å². The molecule has 0 radical (unpaired) electrons. The van der Waals surface area contributed by atoms with E-state index in [0.717, 1.165) is 19.5 Å². The number of ether oxygens (including phenoxy) is 1. The topological polar surface area (TPSA) is 38.3 Å². The summed E-state index contributed by atoms with van der Waals surface area (Å²) in [4.78, 5) is 11.5. The van der Waals surface area contributed by atoms with Gasteiger partial charge in [-0.05, 0) is 18.9 Å². The van der Waals surface area contributed by atoms with Crippen molar-refractivity contribution in [3.8, 4) is 0 Å². The molecule has 1 heterocycles. The van der Waals surface area contributed by atoms with Crippen molar-refractivity contribution in [3.63, 3.8) is 0 Å². The lowest BCUT2D eigenvalue weighted by Gasteiger charge is -2.28. The number of carbonyl (C=O) groups excluding carboxylic acids is 1. The highest BCUT2D eigenvalue weighted by Crippen LogP contribution is 2.35. The molecule has 4 heteroatoms. The van der Waals surface area contributed by atoms with Crippen molar-refractivity contribution < 1.29 is 9.53 Å². The molecule has 0 amide bonds. The van der Waals surface area contributed by atoms with Gasteiger partial charge in [-0.1, -0.05) is 13.8 Å². The maximum absolute atomic E-state index is 11.5. The van der Waals surface area contributed by atoms with Gasteiger partial charge in [0.2, 0.25) is 0 Å². The minimum absolute atomic E-state index is 0. The standard InChI is InChI=1S/C9H17NO2.ClH/c1-7(2)9(8(11)12-3)4-5-10-6-9;/h7,10H,4-6H2,1-3H3;1H. The van der Waals surface area contributed by atoms with Gasteiger partial charge in [-0.15, -0.1) is 12.4 Å². The fourth-order valence-corrected chi connectivity index (χ4v) is 1.82. The number of hydrogen-bond donors (Lipinski definition) is 1. The maximum atomic E-state index is 11.5. The van der Waals surface area contributed by atoms with Gasteiger partial charge in [0.15, 0.2) is 0 Å². The van der Waals surface area contributed by atoms with Gasteiger partial charge in [0, 0.05) is 6.54 Å². The van der Waals surface area contributed by atoms with Gasteiger partial charge in [-0.2, -0.15) is 0 Å². The SMILES string of the molecule is COC(=O)C1(C(C)C)CCNC1.Cl. The highest BCUT2D eigenvalue weighted by atomic mass is 35.5. The van der Waals surface area contributed by atoms with Gasteiger partial charge in [0.05, 0.1) is 12.5 Å². The second-order valence-electron chi connectivity index (χ2n) is 3.73. The van der Waals surface area contributed by atoms with E-state index in [2.05, 4.69) is 19.2 Å². The number of hydrogen-bond acceptors (Lipinski definition) is 3. The summed E-state index contributed by atoms with van der Waals surface area (Å²) in [5.74, 6) is 0.280. The summed E-state index contributed by atoms with van der Waals surface area (Å²) < 4.78 is 4.82. The van der Waals surface area contributed by atoms with Crippen LogP contribution in [0.1, 0.15) is 20.3 Å². The number of halogens is 1. The van der Waals surface area contributed by atoms with Crippen LogP contribution in [-0.4, -0.2) is 26.2 Å². The van der Waals surface area contributed by atoms with Crippen LogP contribution in [0, 0.1) is 11.3 Å². The quantitative estimate of drug-likeness (QED) is 0.692. The second-order valence-corrected chi connectivity index (χ2v) is 3.73. The number of methoxy groups -OCH3 is 1. The van der Waals surface area contributed by atoms with Gasteiger partial charge < -0.3 is 10.1 Å². The normalized spacial score (nSPS) is 27.1. The molecule has 0 bridgehead atoms. The zero-order chi connectivity index (χ0) is 9.19. The van der Waals surface area contributed by atoms with Crippen LogP contribution in [0.4, 0.5) is 0 Å². The van der Waals surface area contributed by atoms with E-state index in [-0.39, 0.29) is 23.8 Å². The monoisotopic (exact) mass is 207 g/mol. The van der Waals surface area contributed by atoms with E-state index < -0.39 is 0 Å². The van der Waals surface area contributed by atoms with Crippen LogP contribution in [0.15, 0.2) is 0 Å². The molecule has 1 unspecified atom stereocenters. The van der Waals surface area contributed by atoms with E-state index in [0.29, 0.717) is 5.92 Å². The molecule has 1 fully saturated rings. The van der Waals surface area contributed by atoms with Gasteiger partial charge in [-0.3, -0.25) is 4.79 Å². The van der Waals surface area contributed by atoms with Crippen LogP contribution in [0.25, 0.3) is 0 Å². The molecule has 0 aromatic rings. The van der Waals surface area contributed by atoms with Crippen LogP contribution < -0.4 is 5.32 Å². The Labute approximate surface area is 85.6 Å². The minimum Gasteiger partial charge on any atom is -0.469 e. The highest BCUT2D eigenvalue weighted by molar-refractivity contribution is 5.85. The number of carbonyl (C=O) groups is 1. The Morgan fingerprint density at radius 2 is 2.15 bits per heavy atom. The molecule has 0 aromatic carbocycles. The summed E-state index contributed by atoms with van der Waals surface area (Å²) in [5.41, 5.74) is -0.269. The van der Waals surface area contributed by atoms with Crippen molar-refractivity contribution in [2.45, 2.75) is 20.3 Å². The Hall–Kier alpha value is -0.280. The molecule has 0 saturated carbocycles. The molecule has 1 rings (SSSR count). The largest absolute Gasteiger partial charge is 0.469 e. The molecule has 0 aliphatic carbocycles. The summed E-state index contributed by atoms with van der Waals surface area (Å²) in [7, 11) is 1.46. The van der Waals surface area contributed by atoms with Crippen LogP contribution in [0.5, 0.6) is 0 Å². The van der Waals surface area contributed by atoms with Crippen molar-refractivity contribution in [1.29, 1.82) is 0 Å². The van der Waals surface area contributed by atoms with Crippen molar-refractivity contribution in [2.24, 2.45) is 11.3 Å². The van der Waals surface area contributed by atoms with E-state index in [1.165, 1.54) is 7.11 Å². The molecule has 3 nitrogen and oxygen atoms in total. The maximum Gasteiger partial charge on any atom is 0.313 e. The molecule has 1 N–H and O–H groups in total. The van der Waals surface area contributed by atoms with Gasteiger partial charge in [0.1, 0.15) is 0 Å². The minimum atomic E-state index is -0.269. The second kappa shape index (κ2) is 4.82. The fraction of sp³-hybridized carbons (Fsp3) is 0.889. The molecule has 1 saturated heterocycles. The first-order valence-corrected chi connectivity index (χ1v) is 4.42. The number of nitrogens with one attached hydrogen (secondary N) is 1. The van der Waals surface area contributed by atoms with Gasteiger partial charge in [-0.25, -0.2) is 0 Å². The van der Waals surface area contributed by atoms with Crippen molar-refractivity contribution >= 4 is 18.4 Å². The van der Waals surface area contributed by atoms with Crippen molar-refractivity contribution in [3.05, 3.63) is 0 Å². The van der Waals surface area contributed by atoms with E-state index in [1.807, 2.05) is 0 Å². The average Bonchev–Trinajstić information content (AvgIpc) is 2.52. The Balaban J connectivity index is 0.00000144. The van der Waals surface area contributed by atoms with Gasteiger partial charge in [0.25, 0.3) is 0 Å². The third-order valence-electron chi connectivity index (χ3n) is 2.89. The highest BCUT2D eigenvalue weighted by Gasteiger charge is 2.44. The predicted molar refractivity (Wildman–Crippen MR) is 54.0 cm³/mol. The Morgan fingerprint density at radius 3 is 2.46 bits per heavy atom. The summed E-state index contributed by atoms with van der Waals surface area (Å²) in [6.45, 7) is 5.83. The van der Waals surface area contributed by atoms with Gasteiger partial charge >= 0.3 is 5.97 Å². The lowest BCUT2D eigenvalue weighted by molar-refractivity contribution is -0.154. The predicted octanol–water partition coefficient (Wildman–Crippen LogP) is 1.22. The Morgan fingerprint density at radius 1 is 1.54 bits per heavy atom. The number of rotatable bonds is 2. The van der Waals surface area contributed by atoms with Crippen LogP contribution in [0.2, 0.25) is 0 Å². The fourth-order valence-electron chi connectivity index (χ4n) is 1.82. The Kier molecular flexibility index (Phi) is 4.71. The van der Waals surface area contributed by atoms with Crippen LogP contribution in [-0.2, 0) is 9.53 Å². The smallest absolute Gasteiger partial charge is 0.313 e. The lowest BCUT2D eigenvalue weighted by atomic mass is 9.76. The first-order chi connectivity index (χ1) is 5.63. The van der Waals surface area contributed by atoms with E-state index in [4.69, 9.17) is 4.74 Å². The van der Waals surface area contributed by atoms with E-state index in [9.17, 15) is 4.79 Å². The van der Waals surface area contributed by atoms with E-state index in [1.54, 1.807) is 0 Å². The molecule has 0 aromatic heterocycles. The first kappa shape index (κ1) is 12.7. The molecular weight excluding hydrogens is 190 g/mol. The van der Waals surface area contributed by atoms with Crippen LogP contribution in [0.3, 0.4) is 0 Å². The average molecular weight is 208 g/mol. The summed E-state index contributed by atoms with van der Waals surface area (Å²) in [5, 5.41) is 3.21.